The molecule has 5 rings (SSSR count). The minimum Gasteiger partial charge on any atom is -0.459 e. The Bertz CT molecular complexity index is 1570. The van der Waals surface area contributed by atoms with Gasteiger partial charge in [0.05, 0.1) is 17.5 Å². The van der Waals surface area contributed by atoms with E-state index in [4.69, 9.17) is 25.8 Å². The van der Waals surface area contributed by atoms with Crippen LogP contribution in [0.25, 0.3) is 11.2 Å². The standard InChI is InChI=1S/C28H26ClN5O6/c1-15-4-8-18(9-5-15)26(36)38-13-21-20(40-27(37)19-10-6-16(2)7-11-19)12-22(39-21)34-14-30-23-24(29)32-28(31-17(3)35)33-25(23)34/h4-11,14,20-22H,12-13H2,1-3H3,(H,31,32,33,35)/t20-,21+,22-/m1/s1. The predicted molar refractivity (Wildman–Crippen MR) is 145 cm³/mol. The quantitative estimate of drug-likeness (QED) is 0.256. The number of amides is 1. The number of imidazole rings is 1. The first-order chi connectivity index (χ1) is 19.2. The number of fused-ring (bicyclic) bond motifs is 1. The molecule has 4 aromatic rings. The molecule has 3 heterocycles. The van der Waals surface area contributed by atoms with E-state index in [1.54, 1.807) is 28.8 Å². The van der Waals surface area contributed by atoms with E-state index in [-0.39, 0.29) is 30.0 Å². The first-order valence-electron chi connectivity index (χ1n) is 12.5. The lowest BCUT2D eigenvalue weighted by molar-refractivity contribution is -0.114. The van der Waals surface area contributed by atoms with Gasteiger partial charge in [0.25, 0.3) is 0 Å². The third kappa shape index (κ3) is 5.95. The van der Waals surface area contributed by atoms with Crippen LogP contribution in [-0.4, -0.2) is 56.2 Å². The van der Waals surface area contributed by atoms with Gasteiger partial charge in [0.2, 0.25) is 11.9 Å². The second kappa shape index (κ2) is 11.4. The Labute approximate surface area is 234 Å². The second-order valence-corrected chi connectivity index (χ2v) is 9.84. The van der Waals surface area contributed by atoms with Gasteiger partial charge in [-0.15, -0.1) is 0 Å². The van der Waals surface area contributed by atoms with Crippen molar-refractivity contribution >= 4 is 46.6 Å². The van der Waals surface area contributed by atoms with Crippen molar-refractivity contribution in [1.29, 1.82) is 0 Å². The molecular weight excluding hydrogens is 538 g/mol. The zero-order chi connectivity index (χ0) is 28.4. The summed E-state index contributed by atoms with van der Waals surface area (Å²) in [6, 6.07) is 14.0. The number of ether oxygens (including phenoxy) is 3. The van der Waals surface area contributed by atoms with Crippen LogP contribution < -0.4 is 5.32 Å². The molecule has 0 bridgehead atoms. The highest BCUT2D eigenvalue weighted by Gasteiger charge is 2.41. The number of aromatic nitrogens is 4. The van der Waals surface area contributed by atoms with Crippen LogP contribution in [0.3, 0.4) is 0 Å². The molecule has 11 nitrogen and oxygen atoms in total. The zero-order valence-corrected chi connectivity index (χ0v) is 22.7. The molecule has 1 fully saturated rings. The van der Waals surface area contributed by atoms with Crippen molar-refractivity contribution in [1.82, 2.24) is 19.5 Å². The van der Waals surface area contributed by atoms with Crippen LogP contribution in [0.5, 0.6) is 0 Å². The molecule has 2 aromatic carbocycles. The lowest BCUT2D eigenvalue weighted by Crippen LogP contribution is -2.32. The number of rotatable bonds is 7. The lowest BCUT2D eigenvalue weighted by Gasteiger charge is -2.19. The summed E-state index contributed by atoms with van der Waals surface area (Å²) in [5.74, 6) is -1.41. The molecule has 3 atom stereocenters. The fourth-order valence-electron chi connectivity index (χ4n) is 4.28. The predicted octanol–water partition coefficient (Wildman–Crippen LogP) is 4.43. The van der Waals surface area contributed by atoms with Crippen LogP contribution in [0.1, 0.15) is 51.4 Å². The molecule has 12 heteroatoms. The van der Waals surface area contributed by atoms with Gasteiger partial charge in [-0.1, -0.05) is 47.0 Å². The van der Waals surface area contributed by atoms with E-state index in [2.05, 4.69) is 20.3 Å². The molecule has 1 aliphatic rings. The van der Waals surface area contributed by atoms with Gasteiger partial charge in [-0.3, -0.25) is 14.7 Å². The van der Waals surface area contributed by atoms with E-state index < -0.39 is 30.4 Å². The summed E-state index contributed by atoms with van der Waals surface area (Å²) < 4.78 is 19.2. The topological polar surface area (TPSA) is 135 Å². The van der Waals surface area contributed by atoms with Crippen LogP contribution in [0, 0.1) is 13.8 Å². The largest absolute Gasteiger partial charge is 0.459 e. The molecule has 2 aromatic heterocycles. The average molecular weight is 564 g/mol. The molecule has 1 aliphatic heterocycles. The van der Waals surface area contributed by atoms with Crippen molar-refractivity contribution in [3.63, 3.8) is 0 Å². The maximum Gasteiger partial charge on any atom is 0.338 e. The van der Waals surface area contributed by atoms with Crippen LogP contribution >= 0.6 is 11.6 Å². The summed E-state index contributed by atoms with van der Waals surface area (Å²) in [6.07, 6.45) is -0.535. The number of nitrogens with zero attached hydrogens (tertiary/aromatic N) is 4. The minimum atomic E-state index is -0.779. The van der Waals surface area contributed by atoms with Gasteiger partial charge in [0, 0.05) is 13.3 Å². The van der Waals surface area contributed by atoms with Gasteiger partial charge in [0.1, 0.15) is 30.6 Å². The van der Waals surface area contributed by atoms with E-state index in [1.807, 2.05) is 38.1 Å². The van der Waals surface area contributed by atoms with Gasteiger partial charge in [-0.2, -0.15) is 9.97 Å². The number of carbonyl (C=O) groups excluding carboxylic acids is 3. The lowest BCUT2D eigenvalue weighted by atomic mass is 10.1. The normalized spacial score (nSPS) is 18.4. The number of halogens is 1. The number of hydrogen-bond donors (Lipinski definition) is 1. The number of aryl methyl sites for hydroxylation is 2. The monoisotopic (exact) mass is 563 g/mol. The van der Waals surface area contributed by atoms with E-state index in [1.165, 1.54) is 13.3 Å². The fraction of sp³-hybridized carbons (Fsp3) is 0.286. The number of esters is 2. The van der Waals surface area contributed by atoms with Gasteiger partial charge < -0.3 is 14.2 Å². The molecule has 0 aliphatic carbocycles. The van der Waals surface area contributed by atoms with E-state index in [9.17, 15) is 14.4 Å². The van der Waals surface area contributed by atoms with E-state index >= 15 is 0 Å². The van der Waals surface area contributed by atoms with Crippen LogP contribution in [-0.2, 0) is 19.0 Å². The maximum absolute atomic E-state index is 13.0. The molecule has 1 N–H and O–H groups in total. The van der Waals surface area contributed by atoms with Crippen molar-refractivity contribution < 1.29 is 28.6 Å². The van der Waals surface area contributed by atoms with E-state index in [0.717, 1.165) is 11.1 Å². The summed E-state index contributed by atoms with van der Waals surface area (Å²) in [7, 11) is 0. The Morgan fingerprint density at radius 1 is 1.00 bits per heavy atom. The first-order valence-corrected chi connectivity index (χ1v) is 12.9. The van der Waals surface area contributed by atoms with Crippen molar-refractivity contribution in [2.24, 2.45) is 0 Å². The van der Waals surface area contributed by atoms with Crippen LogP contribution in [0.4, 0.5) is 5.95 Å². The molecule has 0 spiro atoms. The van der Waals surface area contributed by atoms with Crippen LogP contribution in [0.2, 0.25) is 5.15 Å². The van der Waals surface area contributed by atoms with Gasteiger partial charge in [-0.25, -0.2) is 14.6 Å². The molecule has 0 unspecified atom stereocenters. The molecule has 40 heavy (non-hydrogen) atoms. The summed E-state index contributed by atoms with van der Waals surface area (Å²) in [5, 5.41) is 2.56. The highest BCUT2D eigenvalue weighted by Crippen LogP contribution is 2.34. The average Bonchev–Trinajstić information content (AvgIpc) is 3.52. The Kier molecular flexibility index (Phi) is 7.76. The summed E-state index contributed by atoms with van der Waals surface area (Å²) in [6.45, 7) is 5.01. The minimum absolute atomic E-state index is 0.00988. The van der Waals surface area contributed by atoms with Gasteiger partial charge in [0.15, 0.2) is 10.8 Å². The smallest absolute Gasteiger partial charge is 0.338 e. The number of anilines is 1. The Balaban J connectivity index is 1.39. The van der Waals surface area contributed by atoms with Crippen molar-refractivity contribution in [3.8, 4) is 0 Å². The zero-order valence-electron chi connectivity index (χ0n) is 22.0. The number of hydrogen-bond acceptors (Lipinski definition) is 9. The molecular formula is C28H26ClN5O6. The summed E-state index contributed by atoms with van der Waals surface area (Å²) >= 11 is 6.28. The van der Waals surface area contributed by atoms with Gasteiger partial charge >= 0.3 is 11.9 Å². The fourth-order valence-corrected chi connectivity index (χ4v) is 4.49. The molecule has 1 saturated heterocycles. The number of carbonyl (C=O) groups is 3. The van der Waals surface area contributed by atoms with Crippen molar-refractivity contribution in [3.05, 3.63) is 82.3 Å². The third-order valence-electron chi connectivity index (χ3n) is 6.37. The Morgan fingerprint density at radius 3 is 2.25 bits per heavy atom. The third-order valence-corrected chi connectivity index (χ3v) is 6.63. The van der Waals surface area contributed by atoms with Crippen LogP contribution in [0.15, 0.2) is 54.9 Å². The van der Waals surface area contributed by atoms with E-state index in [0.29, 0.717) is 22.3 Å². The maximum atomic E-state index is 13.0. The van der Waals surface area contributed by atoms with Crippen molar-refractivity contribution in [2.75, 3.05) is 11.9 Å². The highest BCUT2D eigenvalue weighted by atomic mass is 35.5. The Hall–Kier alpha value is -4.35. The SMILES string of the molecule is CC(=O)Nc1nc(Cl)c2ncn([C@H]3C[C@@H](OC(=O)c4ccc(C)cc4)[C@H](COC(=O)c4ccc(C)cc4)O3)c2n1. The molecule has 0 saturated carbocycles. The molecule has 0 radical (unpaired) electrons. The Morgan fingerprint density at radius 2 is 1.62 bits per heavy atom. The number of benzene rings is 2. The highest BCUT2D eigenvalue weighted by molar-refractivity contribution is 6.33. The van der Waals surface area contributed by atoms with Gasteiger partial charge in [-0.05, 0) is 38.1 Å². The number of nitrogens with one attached hydrogen (secondary N) is 1. The first kappa shape index (κ1) is 27.2. The summed E-state index contributed by atoms with van der Waals surface area (Å²) in [4.78, 5) is 49.9. The molecule has 206 valence electrons. The summed E-state index contributed by atoms with van der Waals surface area (Å²) in [5.41, 5.74) is 3.42. The van der Waals surface area contributed by atoms with Crippen molar-refractivity contribution in [2.45, 2.75) is 45.6 Å². The second-order valence-electron chi connectivity index (χ2n) is 9.48. The molecule has 1 amide bonds.